The molecule has 1 unspecified atom stereocenters. The zero-order valence-electron chi connectivity index (χ0n) is 17.1. The van der Waals surface area contributed by atoms with Gasteiger partial charge in [-0.1, -0.05) is 6.42 Å². The number of thiazole rings is 1. The summed E-state index contributed by atoms with van der Waals surface area (Å²) >= 11 is 1.37. The van der Waals surface area contributed by atoms with E-state index in [1.165, 1.54) is 30.6 Å². The lowest BCUT2D eigenvalue weighted by molar-refractivity contribution is 0.0531. The van der Waals surface area contributed by atoms with Crippen LogP contribution >= 0.6 is 11.3 Å². The van der Waals surface area contributed by atoms with Crippen molar-refractivity contribution >= 4 is 23.3 Å². The molecule has 1 aliphatic carbocycles. The standard InChI is InChI=1S/C19H32N4O3S/c1-6-26-17(24)15-13(2)22-16(27-15)14(3)23-18(20-4)21-12-19(8-7-9-19)10-11-25-5/h14H,6-12H2,1-5H3,(H2,20,21,23). The number of ether oxygens (including phenoxy) is 2. The van der Waals surface area contributed by atoms with Gasteiger partial charge in [-0.15, -0.1) is 11.3 Å². The smallest absolute Gasteiger partial charge is 0.350 e. The molecule has 1 fully saturated rings. The molecule has 2 N–H and O–H groups in total. The van der Waals surface area contributed by atoms with E-state index < -0.39 is 0 Å². The van der Waals surface area contributed by atoms with Crippen LogP contribution in [0.2, 0.25) is 0 Å². The van der Waals surface area contributed by atoms with Gasteiger partial charge in [0.1, 0.15) is 9.88 Å². The highest BCUT2D eigenvalue weighted by molar-refractivity contribution is 7.13. The number of nitrogens with one attached hydrogen (secondary N) is 2. The van der Waals surface area contributed by atoms with Crippen LogP contribution in [0.1, 0.15) is 65.9 Å². The van der Waals surface area contributed by atoms with Crippen LogP contribution in [-0.2, 0) is 9.47 Å². The number of guanidine groups is 1. The molecule has 1 aliphatic rings. The van der Waals surface area contributed by atoms with Crippen LogP contribution in [0.3, 0.4) is 0 Å². The summed E-state index contributed by atoms with van der Waals surface area (Å²) in [5.41, 5.74) is 1.02. The van der Waals surface area contributed by atoms with Crippen molar-refractivity contribution in [1.82, 2.24) is 15.6 Å². The second-order valence-corrected chi connectivity index (χ2v) is 8.11. The number of carbonyl (C=O) groups is 1. The molecule has 27 heavy (non-hydrogen) atoms. The molecule has 8 heteroatoms. The predicted octanol–water partition coefficient (Wildman–Crippen LogP) is 3.06. The average molecular weight is 397 g/mol. The van der Waals surface area contributed by atoms with E-state index in [0.717, 1.165) is 30.5 Å². The molecule has 0 aromatic carbocycles. The van der Waals surface area contributed by atoms with Gasteiger partial charge in [-0.05, 0) is 45.4 Å². The Kier molecular flexibility index (Phi) is 8.04. The summed E-state index contributed by atoms with van der Waals surface area (Å²) in [5.74, 6) is 0.440. The summed E-state index contributed by atoms with van der Waals surface area (Å²) in [7, 11) is 3.52. The van der Waals surface area contributed by atoms with Gasteiger partial charge >= 0.3 is 5.97 Å². The number of aromatic nitrogens is 1. The van der Waals surface area contributed by atoms with Crippen LogP contribution in [0.25, 0.3) is 0 Å². The van der Waals surface area contributed by atoms with Crippen molar-refractivity contribution in [3.8, 4) is 0 Å². The maximum Gasteiger partial charge on any atom is 0.350 e. The van der Waals surface area contributed by atoms with Crippen LogP contribution in [0.15, 0.2) is 4.99 Å². The summed E-state index contributed by atoms with van der Waals surface area (Å²) < 4.78 is 10.4. The first-order valence-corrected chi connectivity index (χ1v) is 10.4. The first-order valence-electron chi connectivity index (χ1n) is 9.55. The lowest BCUT2D eigenvalue weighted by Gasteiger charge is -2.42. The van der Waals surface area contributed by atoms with E-state index in [2.05, 4.69) is 20.6 Å². The van der Waals surface area contributed by atoms with Crippen molar-refractivity contribution in [1.29, 1.82) is 0 Å². The highest BCUT2D eigenvalue weighted by atomic mass is 32.1. The predicted molar refractivity (Wildman–Crippen MR) is 108 cm³/mol. The second kappa shape index (κ2) is 10.0. The molecule has 1 aromatic heterocycles. The molecular weight excluding hydrogens is 364 g/mol. The van der Waals surface area contributed by atoms with E-state index in [1.54, 1.807) is 21.1 Å². The summed E-state index contributed by atoms with van der Waals surface area (Å²) in [6.45, 7) is 7.69. The van der Waals surface area contributed by atoms with E-state index in [0.29, 0.717) is 22.6 Å². The minimum absolute atomic E-state index is 0.0561. The number of aryl methyl sites for hydroxylation is 1. The van der Waals surface area contributed by atoms with Crippen molar-refractivity contribution in [3.63, 3.8) is 0 Å². The normalized spacial score (nSPS) is 17.1. The molecule has 0 radical (unpaired) electrons. The molecular formula is C19H32N4O3S. The average Bonchev–Trinajstić information content (AvgIpc) is 3.01. The van der Waals surface area contributed by atoms with E-state index in [4.69, 9.17) is 9.47 Å². The van der Waals surface area contributed by atoms with Crippen molar-refractivity contribution in [2.45, 2.75) is 52.5 Å². The van der Waals surface area contributed by atoms with E-state index in [9.17, 15) is 4.79 Å². The topological polar surface area (TPSA) is 84.8 Å². The molecule has 1 aromatic rings. The van der Waals surface area contributed by atoms with Gasteiger partial charge in [0.05, 0.1) is 18.3 Å². The van der Waals surface area contributed by atoms with Gasteiger partial charge in [-0.2, -0.15) is 0 Å². The Hall–Kier alpha value is -1.67. The molecule has 1 saturated carbocycles. The van der Waals surface area contributed by atoms with Crippen LogP contribution in [0, 0.1) is 12.3 Å². The Morgan fingerprint density at radius 3 is 2.74 bits per heavy atom. The van der Waals surface area contributed by atoms with Crippen molar-refractivity contribution in [2.24, 2.45) is 10.4 Å². The minimum Gasteiger partial charge on any atom is -0.462 e. The monoisotopic (exact) mass is 396 g/mol. The highest BCUT2D eigenvalue weighted by Gasteiger charge is 2.36. The molecule has 1 heterocycles. The lowest BCUT2D eigenvalue weighted by atomic mass is 9.67. The quantitative estimate of drug-likeness (QED) is 0.379. The summed E-state index contributed by atoms with van der Waals surface area (Å²) in [5, 5.41) is 7.67. The summed E-state index contributed by atoms with van der Waals surface area (Å²) in [4.78, 5) is 21.4. The largest absolute Gasteiger partial charge is 0.462 e. The number of carbonyl (C=O) groups excluding carboxylic acids is 1. The number of hydrogen-bond acceptors (Lipinski definition) is 6. The fourth-order valence-corrected chi connectivity index (χ4v) is 4.19. The van der Waals surface area contributed by atoms with Crippen LogP contribution in [0.4, 0.5) is 0 Å². The van der Waals surface area contributed by atoms with Gasteiger partial charge in [-0.3, -0.25) is 4.99 Å². The Morgan fingerprint density at radius 2 is 2.19 bits per heavy atom. The number of esters is 1. The third-order valence-electron chi connectivity index (χ3n) is 5.10. The van der Waals surface area contributed by atoms with Crippen LogP contribution in [0.5, 0.6) is 0 Å². The highest BCUT2D eigenvalue weighted by Crippen LogP contribution is 2.43. The van der Waals surface area contributed by atoms with Gasteiger partial charge in [0.15, 0.2) is 5.96 Å². The minimum atomic E-state index is -0.307. The molecule has 0 aliphatic heterocycles. The molecule has 152 valence electrons. The molecule has 0 spiro atoms. The van der Waals surface area contributed by atoms with Crippen molar-refractivity contribution < 1.29 is 14.3 Å². The summed E-state index contributed by atoms with van der Waals surface area (Å²) in [6, 6.07) is -0.0561. The number of nitrogens with zero attached hydrogens (tertiary/aromatic N) is 2. The molecule has 2 rings (SSSR count). The first kappa shape index (κ1) is 21.6. The zero-order chi connectivity index (χ0) is 19.9. The van der Waals surface area contributed by atoms with Gasteiger partial charge < -0.3 is 20.1 Å². The van der Waals surface area contributed by atoms with Gasteiger partial charge in [-0.25, -0.2) is 9.78 Å². The number of rotatable bonds is 9. The van der Waals surface area contributed by atoms with Crippen molar-refractivity contribution in [3.05, 3.63) is 15.6 Å². The number of aliphatic imine (C=N–C) groups is 1. The Morgan fingerprint density at radius 1 is 1.44 bits per heavy atom. The Labute approximate surface area is 166 Å². The Bertz CT molecular complexity index is 655. The Balaban J connectivity index is 1.94. The van der Waals surface area contributed by atoms with Crippen LogP contribution < -0.4 is 10.6 Å². The fourth-order valence-electron chi connectivity index (χ4n) is 3.23. The summed E-state index contributed by atoms with van der Waals surface area (Å²) in [6.07, 6.45) is 4.80. The number of methoxy groups -OCH3 is 1. The van der Waals surface area contributed by atoms with Crippen molar-refractivity contribution in [2.75, 3.05) is 33.9 Å². The fraction of sp³-hybridized carbons (Fsp3) is 0.737. The maximum absolute atomic E-state index is 12.0. The van der Waals surface area contributed by atoms with Gasteiger partial charge in [0.25, 0.3) is 0 Å². The molecule has 0 amide bonds. The SMILES string of the molecule is CCOC(=O)c1sc(C(C)NC(=NC)NCC2(CCOC)CCC2)nc1C. The zero-order valence-corrected chi connectivity index (χ0v) is 17.9. The molecule has 7 nitrogen and oxygen atoms in total. The third kappa shape index (κ3) is 5.65. The molecule has 1 atom stereocenters. The van der Waals surface area contributed by atoms with Crippen LogP contribution in [-0.4, -0.2) is 50.8 Å². The third-order valence-corrected chi connectivity index (χ3v) is 6.42. The van der Waals surface area contributed by atoms with E-state index in [1.807, 2.05) is 13.8 Å². The van der Waals surface area contributed by atoms with Gasteiger partial charge in [0.2, 0.25) is 0 Å². The second-order valence-electron chi connectivity index (χ2n) is 7.08. The maximum atomic E-state index is 12.0. The van der Waals surface area contributed by atoms with E-state index >= 15 is 0 Å². The lowest BCUT2D eigenvalue weighted by Crippen LogP contribution is -2.47. The molecule has 0 bridgehead atoms. The molecule has 0 saturated heterocycles. The van der Waals surface area contributed by atoms with E-state index in [-0.39, 0.29) is 12.0 Å². The van der Waals surface area contributed by atoms with Gasteiger partial charge in [0, 0.05) is 27.3 Å². The number of hydrogen-bond donors (Lipinski definition) is 2. The first-order chi connectivity index (χ1) is 12.9.